The average Bonchev–Trinajstić information content (AvgIpc) is 2.63. The first-order valence-electron chi connectivity index (χ1n) is 5.63. The van der Waals surface area contributed by atoms with Gasteiger partial charge in [-0.15, -0.1) is 0 Å². The molecule has 0 saturated carbocycles. The Bertz CT molecular complexity index is 421. The van der Waals surface area contributed by atoms with Crippen molar-refractivity contribution in [3.63, 3.8) is 0 Å². The fraction of sp³-hybridized carbons (Fsp3) is 0.583. The van der Waals surface area contributed by atoms with Gasteiger partial charge in [-0.2, -0.15) is 0 Å². The quantitative estimate of drug-likeness (QED) is 0.786. The number of hydrogen-bond acceptors (Lipinski definition) is 2. The highest BCUT2D eigenvalue weighted by Gasteiger charge is 2.32. The first-order valence-corrected chi connectivity index (χ1v) is 5.63. The molecule has 2 rings (SSSR count). The fourth-order valence-corrected chi connectivity index (χ4v) is 2.31. The lowest BCUT2D eigenvalue weighted by atomic mass is 9.94. The molecule has 88 valence electrons. The Balaban J connectivity index is 2.48. The van der Waals surface area contributed by atoms with E-state index in [9.17, 15) is 9.90 Å². The van der Waals surface area contributed by atoms with E-state index in [1.807, 2.05) is 16.8 Å². The van der Waals surface area contributed by atoms with Crippen molar-refractivity contribution in [2.24, 2.45) is 5.73 Å². The van der Waals surface area contributed by atoms with Crippen LogP contribution < -0.4 is 5.73 Å². The van der Waals surface area contributed by atoms with Gasteiger partial charge in [-0.1, -0.05) is 0 Å². The number of aliphatic hydroxyl groups is 1. The number of carbonyl (C=O) groups excluding carboxylic acids is 1. The summed E-state index contributed by atoms with van der Waals surface area (Å²) in [5.41, 5.74) is 6.66. The van der Waals surface area contributed by atoms with E-state index in [1.54, 1.807) is 13.8 Å². The highest BCUT2D eigenvalue weighted by Crippen LogP contribution is 2.33. The van der Waals surface area contributed by atoms with Gasteiger partial charge in [0.15, 0.2) is 0 Å². The third-order valence-corrected chi connectivity index (χ3v) is 3.48. The number of carbonyl (C=O) groups is 1. The van der Waals surface area contributed by atoms with Crippen molar-refractivity contribution in [2.75, 3.05) is 0 Å². The maximum Gasteiger partial charge on any atom is 0.243 e. The van der Waals surface area contributed by atoms with Crippen LogP contribution in [0.3, 0.4) is 0 Å². The average molecular weight is 222 g/mol. The molecular weight excluding hydrogens is 204 g/mol. The van der Waals surface area contributed by atoms with Crippen LogP contribution in [-0.4, -0.2) is 15.6 Å². The molecule has 0 saturated heterocycles. The summed E-state index contributed by atoms with van der Waals surface area (Å²) in [6, 6.07) is 1.89. The van der Waals surface area contributed by atoms with Gasteiger partial charge in [-0.05, 0) is 39.2 Å². The summed E-state index contributed by atoms with van der Waals surface area (Å²) < 4.78 is 1.90. The maximum absolute atomic E-state index is 11.4. The largest absolute Gasteiger partial charge is 0.388 e. The van der Waals surface area contributed by atoms with Gasteiger partial charge < -0.3 is 15.4 Å². The van der Waals surface area contributed by atoms with E-state index in [1.165, 1.54) is 0 Å². The van der Waals surface area contributed by atoms with Crippen LogP contribution in [0.4, 0.5) is 0 Å². The van der Waals surface area contributed by atoms with Gasteiger partial charge in [-0.3, -0.25) is 4.79 Å². The van der Waals surface area contributed by atoms with E-state index in [-0.39, 0.29) is 5.91 Å². The van der Waals surface area contributed by atoms with Crippen LogP contribution in [0.2, 0.25) is 0 Å². The van der Waals surface area contributed by atoms with Crippen LogP contribution in [0.1, 0.15) is 44.1 Å². The Hall–Kier alpha value is -1.29. The molecule has 0 aliphatic heterocycles. The van der Waals surface area contributed by atoms with Crippen LogP contribution in [0.25, 0.3) is 0 Å². The number of nitrogens with two attached hydrogens (primary N) is 1. The summed E-state index contributed by atoms with van der Waals surface area (Å²) in [4.78, 5) is 11.4. The molecule has 3 N–H and O–H groups in total. The number of amides is 1. The zero-order chi connectivity index (χ0) is 11.9. The van der Waals surface area contributed by atoms with E-state index >= 15 is 0 Å². The van der Waals surface area contributed by atoms with Gasteiger partial charge in [0.2, 0.25) is 5.91 Å². The standard InChI is InChI=1S/C12H18N2O2/c1-12(2,11(13)16)14-7-6-8-9(14)4-3-5-10(8)15/h6-7,10,15H,3-5H2,1-2H3,(H2,13,16). The van der Waals surface area contributed by atoms with E-state index < -0.39 is 11.6 Å². The summed E-state index contributed by atoms with van der Waals surface area (Å²) in [6.07, 6.45) is 4.11. The Morgan fingerprint density at radius 1 is 1.62 bits per heavy atom. The molecular formula is C12H18N2O2. The lowest BCUT2D eigenvalue weighted by Crippen LogP contribution is -2.41. The Morgan fingerprint density at radius 3 is 2.94 bits per heavy atom. The third-order valence-electron chi connectivity index (χ3n) is 3.48. The van der Waals surface area contributed by atoms with Gasteiger partial charge in [0.05, 0.1) is 6.10 Å². The number of aliphatic hydroxyl groups excluding tert-OH is 1. The molecule has 1 aromatic heterocycles. The third kappa shape index (κ3) is 1.53. The topological polar surface area (TPSA) is 68.2 Å². The number of primary amides is 1. The molecule has 1 aromatic rings. The van der Waals surface area contributed by atoms with Crippen molar-refractivity contribution in [2.45, 2.75) is 44.8 Å². The van der Waals surface area contributed by atoms with Gasteiger partial charge >= 0.3 is 0 Å². The number of nitrogens with zero attached hydrogens (tertiary/aromatic N) is 1. The molecule has 1 atom stereocenters. The summed E-state index contributed by atoms with van der Waals surface area (Å²) >= 11 is 0. The summed E-state index contributed by atoms with van der Waals surface area (Å²) in [5, 5.41) is 9.85. The second kappa shape index (κ2) is 3.63. The van der Waals surface area contributed by atoms with Gasteiger partial charge in [0.25, 0.3) is 0 Å². The van der Waals surface area contributed by atoms with E-state index in [0.29, 0.717) is 0 Å². The first kappa shape index (κ1) is 11.2. The van der Waals surface area contributed by atoms with E-state index in [2.05, 4.69) is 0 Å². The van der Waals surface area contributed by atoms with Crippen LogP contribution in [0, 0.1) is 0 Å². The molecule has 0 bridgehead atoms. The molecule has 16 heavy (non-hydrogen) atoms. The highest BCUT2D eigenvalue weighted by atomic mass is 16.3. The van der Waals surface area contributed by atoms with Crippen molar-refractivity contribution < 1.29 is 9.90 Å². The number of aromatic nitrogens is 1. The van der Waals surface area contributed by atoms with Crippen LogP contribution in [0.15, 0.2) is 12.3 Å². The molecule has 1 aliphatic carbocycles. The second-order valence-electron chi connectivity index (χ2n) is 4.92. The molecule has 1 amide bonds. The molecule has 0 spiro atoms. The molecule has 1 unspecified atom stereocenters. The van der Waals surface area contributed by atoms with Crippen molar-refractivity contribution in [1.29, 1.82) is 0 Å². The van der Waals surface area contributed by atoms with Gasteiger partial charge in [0, 0.05) is 17.5 Å². The predicted molar refractivity (Wildman–Crippen MR) is 60.8 cm³/mol. The van der Waals surface area contributed by atoms with Crippen molar-refractivity contribution >= 4 is 5.91 Å². The molecule has 1 aliphatic rings. The Kier molecular flexibility index (Phi) is 2.54. The minimum absolute atomic E-state index is 0.356. The number of hydrogen-bond donors (Lipinski definition) is 2. The maximum atomic E-state index is 11.4. The smallest absolute Gasteiger partial charge is 0.243 e. The minimum atomic E-state index is -0.732. The Morgan fingerprint density at radius 2 is 2.31 bits per heavy atom. The van der Waals surface area contributed by atoms with E-state index in [4.69, 9.17) is 5.73 Å². The van der Waals surface area contributed by atoms with Crippen molar-refractivity contribution in [3.05, 3.63) is 23.5 Å². The fourth-order valence-electron chi connectivity index (χ4n) is 2.31. The first-order chi connectivity index (χ1) is 7.44. The normalized spacial score (nSPS) is 20.6. The Labute approximate surface area is 95.1 Å². The van der Waals surface area contributed by atoms with Gasteiger partial charge in [-0.25, -0.2) is 0 Å². The van der Waals surface area contributed by atoms with Gasteiger partial charge in [0.1, 0.15) is 5.54 Å². The molecule has 4 heteroatoms. The van der Waals surface area contributed by atoms with Crippen LogP contribution >= 0.6 is 0 Å². The zero-order valence-corrected chi connectivity index (χ0v) is 9.73. The van der Waals surface area contributed by atoms with E-state index in [0.717, 1.165) is 30.5 Å². The van der Waals surface area contributed by atoms with Crippen molar-refractivity contribution in [3.8, 4) is 0 Å². The second-order valence-corrected chi connectivity index (χ2v) is 4.92. The highest BCUT2D eigenvalue weighted by molar-refractivity contribution is 5.82. The summed E-state index contributed by atoms with van der Waals surface area (Å²) in [6.45, 7) is 3.60. The van der Waals surface area contributed by atoms with Crippen LogP contribution in [-0.2, 0) is 16.8 Å². The monoisotopic (exact) mass is 222 g/mol. The molecule has 0 fully saturated rings. The molecule has 4 nitrogen and oxygen atoms in total. The SMILES string of the molecule is CC(C)(C(N)=O)n1ccc2c1CCCC2O. The molecule has 0 radical (unpaired) electrons. The number of fused-ring (bicyclic) bond motifs is 1. The molecule has 0 aromatic carbocycles. The lowest BCUT2D eigenvalue weighted by molar-refractivity contribution is -0.125. The molecule has 1 heterocycles. The van der Waals surface area contributed by atoms with Crippen molar-refractivity contribution in [1.82, 2.24) is 4.57 Å². The minimum Gasteiger partial charge on any atom is -0.388 e. The zero-order valence-electron chi connectivity index (χ0n) is 9.73. The lowest BCUT2D eigenvalue weighted by Gasteiger charge is -2.28. The summed E-state index contributed by atoms with van der Waals surface area (Å²) in [7, 11) is 0. The van der Waals surface area contributed by atoms with Crippen LogP contribution in [0.5, 0.6) is 0 Å². The number of rotatable bonds is 2. The predicted octanol–water partition coefficient (Wildman–Crippen LogP) is 1.08. The summed E-state index contributed by atoms with van der Waals surface area (Å²) in [5.74, 6) is -0.356.